The molecule has 0 unspecified atom stereocenters. The summed E-state index contributed by atoms with van der Waals surface area (Å²) in [6, 6.07) is 7.78. The molecular weight excluding hydrogens is 212 g/mol. The Labute approximate surface area is 101 Å². The fourth-order valence-electron chi connectivity index (χ4n) is 2.57. The topological polar surface area (TPSA) is 26.3 Å². The van der Waals surface area contributed by atoms with Gasteiger partial charge in [0.05, 0.1) is 7.11 Å². The number of Topliss-reactive ketones (excluding diaryl/α,β-unsaturated/α-hetero) is 1. The number of ether oxygens (including phenoxy) is 1. The molecule has 86 valence electrons. The summed E-state index contributed by atoms with van der Waals surface area (Å²) in [5, 5.41) is 0. The SMILES string of the molecule is COc1ccc(/C=C2\C(=O)[C@H]3CC=C[C@@H]23)cc1. The smallest absolute Gasteiger partial charge is 0.163 e. The minimum Gasteiger partial charge on any atom is -0.497 e. The van der Waals surface area contributed by atoms with Crippen molar-refractivity contribution in [1.82, 2.24) is 0 Å². The fourth-order valence-corrected chi connectivity index (χ4v) is 2.57. The number of rotatable bonds is 2. The summed E-state index contributed by atoms with van der Waals surface area (Å²) in [6.07, 6.45) is 7.19. The molecule has 1 fully saturated rings. The first-order valence-electron chi connectivity index (χ1n) is 5.86. The van der Waals surface area contributed by atoms with Crippen LogP contribution in [-0.4, -0.2) is 12.9 Å². The van der Waals surface area contributed by atoms with E-state index in [-0.39, 0.29) is 5.92 Å². The van der Waals surface area contributed by atoms with Gasteiger partial charge in [0.2, 0.25) is 0 Å². The molecule has 3 rings (SSSR count). The highest BCUT2D eigenvalue weighted by Crippen LogP contribution is 2.44. The van der Waals surface area contributed by atoms with E-state index in [2.05, 4.69) is 12.2 Å². The van der Waals surface area contributed by atoms with Gasteiger partial charge in [-0.15, -0.1) is 0 Å². The Morgan fingerprint density at radius 1 is 1.29 bits per heavy atom. The molecule has 2 aliphatic rings. The molecule has 2 atom stereocenters. The summed E-state index contributed by atoms with van der Waals surface area (Å²) in [5.41, 5.74) is 2.02. The zero-order valence-corrected chi connectivity index (χ0v) is 9.72. The maximum Gasteiger partial charge on any atom is 0.163 e. The Morgan fingerprint density at radius 3 is 2.76 bits per heavy atom. The van der Waals surface area contributed by atoms with Crippen LogP contribution < -0.4 is 4.74 Å². The van der Waals surface area contributed by atoms with Crippen LogP contribution in [-0.2, 0) is 4.79 Å². The molecule has 0 amide bonds. The Kier molecular flexibility index (Phi) is 2.36. The molecule has 17 heavy (non-hydrogen) atoms. The minimum absolute atomic E-state index is 0.236. The second kappa shape index (κ2) is 3.88. The largest absolute Gasteiger partial charge is 0.497 e. The number of allylic oxidation sites excluding steroid dienone is 3. The summed E-state index contributed by atoms with van der Waals surface area (Å²) in [5.74, 6) is 1.76. The van der Waals surface area contributed by atoms with Gasteiger partial charge in [-0.2, -0.15) is 0 Å². The normalized spacial score (nSPS) is 28.1. The van der Waals surface area contributed by atoms with Crippen molar-refractivity contribution in [1.29, 1.82) is 0 Å². The highest BCUT2D eigenvalue weighted by atomic mass is 16.5. The number of fused-ring (bicyclic) bond motifs is 1. The molecule has 0 heterocycles. The van der Waals surface area contributed by atoms with E-state index in [0.29, 0.717) is 11.7 Å². The highest BCUT2D eigenvalue weighted by Gasteiger charge is 2.44. The van der Waals surface area contributed by atoms with Crippen LogP contribution in [0.1, 0.15) is 12.0 Å². The number of ketones is 1. The van der Waals surface area contributed by atoms with Gasteiger partial charge in [0.25, 0.3) is 0 Å². The maximum absolute atomic E-state index is 11.8. The molecule has 0 bridgehead atoms. The predicted octanol–water partition coefficient (Wildman–Crippen LogP) is 2.85. The second-order valence-electron chi connectivity index (χ2n) is 4.53. The molecule has 0 radical (unpaired) electrons. The van der Waals surface area contributed by atoms with E-state index in [9.17, 15) is 4.79 Å². The summed E-state index contributed by atoms with van der Waals surface area (Å²) in [6.45, 7) is 0. The average molecular weight is 226 g/mol. The monoisotopic (exact) mass is 226 g/mol. The molecule has 0 aliphatic heterocycles. The van der Waals surface area contributed by atoms with E-state index in [1.54, 1.807) is 7.11 Å². The van der Waals surface area contributed by atoms with Gasteiger partial charge in [0, 0.05) is 17.4 Å². The van der Waals surface area contributed by atoms with Crippen LogP contribution in [0.4, 0.5) is 0 Å². The van der Waals surface area contributed by atoms with E-state index < -0.39 is 0 Å². The Hall–Kier alpha value is -1.83. The van der Waals surface area contributed by atoms with Gasteiger partial charge < -0.3 is 4.74 Å². The molecule has 0 N–H and O–H groups in total. The first kappa shape index (κ1) is 10.3. The lowest BCUT2D eigenvalue weighted by molar-refractivity contribution is -0.124. The van der Waals surface area contributed by atoms with E-state index in [0.717, 1.165) is 23.3 Å². The van der Waals surface area contributed by atoms with Gasteiger partial charge in [-0.05, 0) is 30.2 Å². The molecule has 1 aromatic rings. The number of benzene rings is 1. The van der Waals surface area contributed by atoms with Crippen molar-refractivity contribution < 1.29 is 9.53 Å². The molecule has 2 aliphatic carbocycles. The zero-order valence-electron chi connectivity index (χ0n) is 9.72. The van der Waals surface area contributed by atoms with Gasteiger partial charge >= 0.3 is 0 Å². The Balaban J connectivity index is 1.85. The van der Waals surface area contributed by atoms with Crippen molar-refractivity contribution in [2.75, 3.05) is 7.11 Å². The lowest BCUT2D eigenvalue weighted by Gasteiger charge is -2.31. The summed E-state index contributed by atoms with van der Waals surface area (Å²) >= 11 is 0. The van der Waals surface area contributed by atoms with E-state index >= 15 is 0 Å². The van der Waals surface area contributed by atoms with Gasteiger partial charge in [0.1, 0.15) is 5.75 Å². The molecule has 1 aromatic carbocycles. The molecule has 2 nitrogen and oxygen atoms in total. The molecule has 2 heteroatoms. The number of carbonyl (C=O) groups excluding carboxylic acids is 1. The third kappa shape index (κ3) is 1.60. The highest BCUT2D eigenvalue weighted by molar-refractivity contribution is 6.09. The first-order valence-corrected chi connectivity index (χ1v) is 5.86. The fraction of sp³-hybridized carbons (Fsp3) is 0.267. The van der Waals surface area contributed by atoms with E-state index in [1.165, 1.54) is 0 Å². The number of hydrogen-bond acceptors (Lipinski definition) is 2. The Bertz CT molecular complexity index is 508. The lowest BCUT2D eigenvalue weighted by atomic mass is 9.69. The van der Waals surface area contributed by atoms with Crippen molar-refractivity contribution >= 4 is 11.9 Å². The van der Waals surface area contributed by atoms with Crippen LogP contribution in [0.15, 0.2) is 42.0 Å². The quantitative estimate of drug-likeness (QED) is 0.572. The molecule has 0 spiro atoms. The van der Waals surface area contributed by atoms with Crippen molar-refractivity contribution in [3.63, 3.8) is 0 Å². The molecular formula is C15H14O2. The summed E-state index contributed by atoms with van der Waals surface area (Å²) in [7, 11) is 1.65. The van der Waals surface area contributed by atoms with Gasteiger partial charge in [-0.3, -0.25) is 4.79 Å². The summed E-state index contributed by atoms with van der Waals surface area (Å²) in [4.78, 5) is 11.8. The standard InChI is InChI=1S/C15H14O2/c1-17-11-7-5-10(6-8-11)9-14-12-3-2-4-13(12)15(14)16/h2-3,5-9,12-13H,4H2,1H3/b14-9-/t12-,13+/m1/s1. The average Bonchev–Trinajstić information content (AvgIpc) is 2.81. The minimum atomic E-state index is 0.236. The number of hydrogen-bond donors (Lipinski definition) is 0. The number of carbonyl (C=O) groups is 1. The van der Waals surface area contributed by atoms with Gasteiger partial charge in [-0.1, -0.05) is 24.3 Å². The van der Waals surface area contributed by atoms with Gasteiger partial charge in [0.15, 0.2) is 5.78 Å². The van der Waals surface area contributed by atoms with Gasteiger partial charge in [-0.25, -0.2) is 0 Å². The molecule has 0 saturated heterocycles. The van der Waals surface area contributed by atoms with Crippen molar-refractivity contribution in [3.05, 3.63) is 47.6 Å². The van der Waals surface area contributed by atoms with Crippen LogP contribution in [0, 0.1) is 11.8 Å². The maximum atomic E-state index is 11.8. The van der Waals surface area contributed by atoms with Crippen molar-refractivity contribution in [3.8, 4) is 5.75 Å². The van der Waals surface area contributed by atoms with Crippen LogP contribution in [0.2, 0.25) is 0 Å². The number of methoxy groups -OCH3 is 1. The lowest BCUT2D eigenvalue weighted by Crippen LogP contribution is -2.36. The molecule has 0 aromatic heterocycles. The third-order valence-corrected chi connectivity index (χ3v) is 3.59. The second-order valence-corrected chi connectivity index (χ2v) is 4.53. The van der Waals surface area contributed by atoms with Crippen LogP contribution in [0.3, 0.4) is 0 Å². The first-order chi connectivity index (χ1) is 8.29. The Morgan fingerprint density at radius 2 is 2.06 bits per heavy atom. The van der Waals surface area contributed by atoms with Crippen molar-refractivity contribution in [2.24, 2.45) is 11.8 Å². The van der Waals surface area contributed by atoms with E-state index in [1.807, 2.05) is 30.3 Å². The predicted molar refractivity (Wildman–Crippen MR) is 66.7 cm³/mol. The van der Waals surface area contributed by atoms with Crippen LogP contribution in [0.5, 0.6) is 5.75 Å². The van der Waals surface area contributed by atoms with Crippen LogP contribution >= 0.6 is 0 Å². The summed E-state index contributed by atoms with van der Waals surface area (Å²) < 4.78 is 5.11. The third-order valence-electron chi connectivity index (χ3n) is 3.59. The van der Waals surface area contributed by atoms with Crippen molar-refractivity contribution in [2.45, 2.75) is 6.42 Å². The molecule has 1 saturated carbocycles. The zero-order chi connectivity index (χ0) is 11.8. The van der Waals surface area contributed by atoms with Crippen LogP contribution in [0.25, 0.3) is 6.08 Å². The van der Waals surface area contributed by atoms with E-state index in [4.69, 9.17) is 4.74 Å².